The number of nitrogens with one attached hydrogen (secondary N) is 1. The summed E-state index contributed by atoms with van der Waals surface area (Å²) in [6, 6.07) is 11.3. The molecular weight excluding hydrogens is 304 g/mol. The molecule has 0 spiro atoms. The van der Waals surface area contributed by atoms with Gasteiger partial charge in [0.2, 0.25) is 0 Å². The summed E-state index contributed by atoms with van der Waals surface area (Å²) in [5.74, 6) is -0.0485. The molecule has 0 saturated carbocycles. The molecule has 0 aliphatic rings. The van der Waals surface area contributed by atoms with E-state index in [4.69, 9.17) is 0 Å². The van der Waals surface area contributed by atoms with Crippen LogP contribution >= 0.6 is 15.9 Å². The third kappa shape index (κ3) is 4.17. The van der Waals surface area contributed by atoms with Gasteiger partial charge in [-0.2, -0.15) is 0 Å². The van der Waals surface area contributed by atoms with Gasteiger partial charge in [-0.25, -0.2) is 0 Å². The van der Waals surface area contributed by atoms with Gasteiger partial charge >= 0.3 is 0 Å². The fraction of sp³-hybridized carbons (Fsp3) is 0.200. The van der Waals surface area contributed by atoms with Crippen LogP contribution in [0.15, 0.2) is 47.1 Å². The summed E-state index contributed by atoms with van der Waals surface area (Å²) in [6.45, 7) is 2.57. The number of benzene rings is 1. The van der Waals surface area contributed by atoms with Crippen molar-refractivity contribution in [3.63, 3.8) is 0 Å². The maximum Gasteiger partial charge on any atom is 0.251 e. The summed E-state index contributed by atoms with van der Waals surface area (Å²) in [6.07, 6.45) is 2.64. The second-order valence-electron chi connectivity index (χ2n) is 4.32. The number of rotatable bonds is 4. The van der Waals surface area contributed by atoms with Gasteiger partial charge in [-0.1, -0.05) is 22.0 Å². The quantitative estimate of drug-likeness (QED) is 0.941. The maximum atomic E-state index is 11.9. The standard InChI is InChI=1S/C15H15BrN2O/c1-11-2-3-12(10-18-11)8-9-17-15(19)13-4-6-14(16)7-5-13/h2-7,10H,8-9H2,1H3,(H,17,19). The summed E-state index contributed by atoms with van der Waals surface area (Å²) < 4.78 is 0.967. The van der Waals surface area contributed by atoms with Gasteiger partial charge in [0.1, 0.15) is 0 Å². The number of amides is 1. The molecule has 2 rings (SSSR count). The predicted octanol–water partition coefficient (Wildman–Crippen LogP) is 3.13. The number of aromatic nitrogens is 1. The molecule has 1 aromatic heterocycles. The molecule has 1 N–H and O–H groups in total. The molecule has 0 aliphatic carbocycles. The fourth-order valence-corrected chi connectivity index (χ4v) is 1.93. The van der Waals surface area contributed by atoms with Crippen LogP contribution in [0.2, 0.25) is 0 Å². The van der Waals surface area contributed by atoms with Crippen molar-refractivity contribution >= 4 is 21.8 Å². The molecule has 0 aliphatic heterocycles. The number of carbonyl (C=O) groups is 1. The van der Waals surface area contributed by atoms with Crippen LogP contribution in [0, 0.1) is 6.92 Å². The zero-order valence-corrected chi connectivity index (χ0v) is 12.3. The van der Waals surface area contributed by atoms with Crippen LogP contribution in [0.3, 0.4) is 0 Å². The molecule has 1 aromatic carbocycles. The molecule has 0 atom stereocenters. The van der Waals surface area contributed by atoms with Crippen molar-refractivity contribution in [1.82, 2.24) is 10.3 Å². The number of nitrogens with zero attached hydrogens (tertiary/aromatic N) is 1. The largest absolute Gasteiger partial charge is 0.352 e. The van der Waals surface area contributed by atoms with E-state index in [2.05, 4.69) is 26.2 Å². The molecule has 0 radical (unpaired) electrons. The van der Waals surface area contributed by atoms with Crippen LogP contribution in [-0.4, -0.2) is 17.4 Å². The first-order chi connectivity index (χ1) is 9.15. The average molecular weight is 319 g/mol. The Bertz CT molecular complexity index is 549. The van der Waals surface area contributed by atoms with E-state index in [1.54, 1.807) is 12.1 Å². The Labute approximate surface area is 121 Å². The maximum absolute atomic E-state index is 11.9. The highest BCUT2D eigenvalue weighted by Gasteiger charge is 2.04. The first-order valence-corrected chi connectivity index (χ1v) is 6.90. The smallest absolute Gasteiger partial charge is 0.251 e. The number of aryl methyl sites for hydroxylation is 1. The van der Waals surface area contributed by atoms with Gasteiger partial charge < -0.3 is 5.32 Å². The highest BCUT2D eigenvalue weighted by Crippen LogP contribution is 2.10. The number of halogens is 1. The molecule has 0 saturated heterocycles. The van der Waals surface area contributed by atoms with Crippen LogP contribution in [0.5, 0.6) is 0 Å². The van der Waals surface area contributed by atoms with Crippen molar-refractivity contribution in [1.29, 1.82) is 0 Å². The number of pyridine rings is 1. The zero-order chi connectivity index (χ0) is 13.7. The Kier molecular flexibility index (Phi) is 4.68. The van der Waals surface area contributed by atoms with Crippen molar-refractivity contribution in [2.45, 2.75) is 13.3 Å². The minimum atomic E-state index is -0.0485. The normalized spacial score (nSPS) is 10.2. The van der Waals surface area contributed by atoms with Crippen molar-refractivity contribution in [3.05, 3.63) is 63.9 Å². The number of hydrogen-bond acceptors (Lipinski definition) is 2. The van der Waals surface area contributed by atoms with Gasteiger partial charge in [0, 0.05) is 28.5 Å². The molecule has 0 unspecified atom stereocenters. The average Bonchev–Trinajstić information content (AvgIpc) is 2.41. The van der Waals surface area contributed by atoms with Gasteiger partial charge in [0.25, 0.3) is 5.91 Å². The molecule has 1 heterocycles. The van der Waals surface area contributed by atoms with Gasteiger partial charge in [-0.05, 0) is 49.2 Å². The predicted molar refractivity (Wildman–Crippen MR) is 79.2 cm³/mol. The summed E-state index contributed by atoms with van der Waals surface area (Å²) >= 11 is 3.34. The molecular formula is C15H15BrN2O. The van der Waals surface area contributed by atoms with E-state index in [0.717, 1.165) is 22.2 Å². The van der Waals surface area contributed by atoms with E-state index in [0.29, 0.717) is 12.1 Å². The third-order valence-corrected chi connectivity index (χ3v) is 3.31. The van der Waals surface area contributed by atoms with Crippen LogP contribution in [0.4, 0.5) is 0 Å². The van der Waals surface area contributed by atoms with Gasteiger partial charge in [-0.15, -0.1) is 0 Å². The lowest BCUT2D eigenvalue weighted by atomic mass is 10.2. The number of hydrogen-bond donors (Lipinski definition) is 1. The van der Waals surface area contributed by atoms with Crippen LogP contribution < -0.4 is 5.32 Å². The van der Waals surface area contributed by atoms with Crippen LogP contribution in [0.25, 0.3) is 0 Å². The van der Waals surface area contributed by atoms with Crippen molar-refractivity contribution < 1.29 is 4.79 Å². The zero-order valence-electron chi connectivity index (χ0n) is 10.7. The van der Waals surface area contributed by atoms with Gasteiger partial charge in [-0.3, -0.25) is 9.78 Å². The molecule has 3 nitrogen and oxygen atoms in total. The van der Waals surface area contributed by atoms with Crippen LogP contribution in [0.1, 0.15) is 21.6 Å². The second kappa shape index (κ2) is 6.48. The van der Waals surface area contributed by atoms with Crippen molar-refractivity contribution in [3.8, 4) is 0 Å². The summed E-state index contributed by atoms with van der Waals surface area (Å²) in [5, 5.41) is 2.90. The minimum absolute atomic E-state index is 0.0485. The van der Waals surface area contributed by atoms with Crippen molar-refractivity contribution in [2.75, 3.05) is 6.54 Å². The first kappa shape index (κ1) is 13.7. The topological polar surface area (TPSA) is 42.0 Å². The fourth-order valence-electron chi connectivity index (χ4n) is 1.67. The Hall–Kier alpha value is -1.68. The Morgan fingerprint density at radius 2 is 1.95 bits per heavy atom. The lowest BCUT2D eigenvalue weighted by Gasteiger charge is -2.05. The summed E-state index contributed by atoms with van der Waals surface area (Å²) in [7, 11) is 0. The SMILES string of the molecule is Cc1ccc(CCNC(=O)c2ccc(Br)cc2)cn1. The van der Waals surface area contributed by atoms with Crippen molar-refractivity contribution in [2.24, 2.45) is 0 Å². The van der Waals surface area contributed by atoms with E-state index >= 15 is 0 Å². The Balaban J connectivity index is 1.84. The molecule has 4 heteroatoms. The number of carbonyl (C=O) groups excluding carboxylic acids is 1. The van der Waals surface area contributed by atoms with E-state index < -0.39 is 0 Å². The minimum Gasteiger partial charge on any atom is -0.352 e. The highest BCUT2D eigenvalue weighted by molar-refractivity contribution is 9.10. The molecule has 2 aromatic rings. The van der Waals surface area contributed by atoms with Gasteiger partial charge in [0.05, 0.1) is 0 Å². The summed E-state index contributed by atoms with van der Waals surface area (Å²) in [5.41, 5.74) is 2.80. The third-order valence-electron chi connectivity index (χ3n) is 2.78. The highest BCUT2D eigenvalue weighted by atomic mass is 79.9. The van der Waals surface area contributed by atoms with Gasteiger partial charge in [0.15, 0.2) is 0 Å². The lowest BCUT2D eigenvalue weighted by molar-refractivity contribution is 0.0954. The van der Waals surface area contributed by atoms with E-state index in [1.165, 1.54) is 0 Å². The Morgan fingerprint density at radius 1 is 1.21 bits per heavy atom. The van der Waals surface area contributed by atoms with E-state index in [1.807, 2.05) is 37.4 Å². The molecule has 98 valence electrons. The lowest BCUT2D eigenvalue weighted by Crippen LogP contribution is -2.25. The second-order valence-corrected chi connectivity index (χ2v) is 5.24. The van der Waals surface area contributed by atoms with E-state index in [9.17, 15) is 4.79 Å². The molecule has 19 heavy (non-hydrogen) atoms. The molecule has 1 amide bonds. The Morgan fingerprint density at radius 3 is 2.58 bits per heavy atom. The van der Waals surface area contributed by atoms with Crippen LogP contribution in [-0.2, 0) is 6.42 Å². The molecule has 0 fully saturated rings. The first-order valence-electron chi connectivity index (χ1n) is 6.10. The molecule has 0 bridgehead atoms. The summed E-state index contributed by atoms with van der Waals surface area (Å²) in [4.78, 5) is 16.1. The monoisotopic (exact) mass is 318 g/mol. The van der Waals surface area contributed by atoms with E-state index in [-0.39, 0.29) is 5.91 Å².